The van der Waals surface area contributed by atoms with Crippen LogP contribution in [0.15, 0.2) is 78.9 Å². The number of likely N-dealkylation sites (tertiary alicyclic amines) is 2. The quantitative estimate of drug-likeness (QED) is 0.0733. The number of alkyl carbamates (subject to hydrolysis) is 2. The Morgan fingerprint density at radius 2 is 1.16 bits per heavy atom. The van der Waals surface area contributed by atoms with E-state index in [9.17, 15) is 24.0 Å². The molecular formula is C60H72N10O7. The standard InChI is InChI=1S/C60H72N10O7/c1-35(2)51(66-58(74)76-8)56(72)69-28-10-12-49(69)53-62-45-24-15-37(32-47(45)64-53)14-16-38-17-18-39(33-44(38)55(71)61-42-20-22-43(23-21-42)68-30-26-41(27-31-68)60(5,6)7)40-19-25-46-48(34-40)65-54(63-46)50-13-11-29-70(50)57(73)52(36(3)4)67-59(75)77-9/h15,17-25,32-36,41,49-52H,10-13,26-31H2,1-9H3,(H,61,71)(H,62,64)(H,63,65)(H,66,74)(H,67,75). The van der Waals surface area contributed by atoms with Gasteiger partial charge in [0.25, 0.3) is 5.91 Å². The summed E-state index contributed by atoms with van der Waals surface area (Å²) in [4.78, 5) is 89.4. The lowest BCUT2D eigenvalue weighted by molar-refractivity contribution is -0.136. The maximum Gasteiger partial charge on any atom is 0.407 e. The number of piperidine rings is 1. The van der Waals surface area contributed by atoms with Crippen LogP contribution in [0.3, 0.4) is 0 Å². The van der Waals surface area contributed by atoms with Gasteiger partial charge in [-0.05, 0) is 140 Å². The Morgan fingerprint density at radius 3 is 1.69 bits per heavy atom. The molecule has 4 unspecified atom stereocenters. The summed E-state index contributed by atoms with van der Waals surface area (Å²) in [6, 6.07) is 23.3. The van der Waals surface area contributed by atoms with Crippen molar-refractivity contribution in [3.63, 3.8) is 0 Å². The first-order valence-electron chi connectivity index (χ1n) is 27.0. The molecule has 6 aromatic rings. The summed E-state index contributed by atoms with van der Waals surface area (Å²) in [5, 5.41) is 8.58. The second-order valence-electron chi connectivity index (χ2n) is 22.4. The van der Waals surface area contributed by atoms with Crippen molar-refractivity contribution in [3.05, 3.63) is 107 Å². The molecule has 4 aromatic carbocycles. The van der Waals surface area contributed by atoms with Crippen LogP contribution in [0.25, 0.3) is 33.2 Å². The number of amides is 5. The molecule has 0 aliphatic carbocycles. The predicted molar refractivity (Wildman–Crippen MR) is 298 cm³/mol. The summed E-state index contributed by atoms with van der Waals surface area (Å²) >= 11 is 0. The van der Waals surface area contributed by atoms with Gasteiger partial charge in [0.15, 0.2) is 0 Å². The van der Waals surface area contributed by atoms with E-state index >= 15 is 0 Å². The van der Waals surface area contributed by atoms with E-state index in [1.807, 2.05) is 94.4 Å². The molecule has 2 aromatic heterocycles. The fourth-order valence-electron chi connectivity index (χ4n) is 11.1. The van der Waals surface area contributed by atoms with Crippen molar-refractivity contribution in [2.75, 3.05) is 50.6 Å². The number of hydrogen-bond acceptors (Lipinski definition) is 10. The third-order valence-corrected chi connectivity index (χ3v) is 15.6. The lowest BCUT2D eigenvalue weighted by atomic mass is 9.75. The number of methoxy groups -OCH3 is 2. The van der Waals surface area contributed by atoms with Crippen LogP contribution in [0.4, 0.5) is 21.0 Å². The molecule has 0 bridgehead atoms. The second kappa shape index (κ2) is 22.8. The van der Waals surface area contributed by atoms with Crippen LogP contribution in [0.5, 0.6) is 0 Å². The van der Waals surface area contributed by atoms with Gasteiger partial charge in [0.1, 0.15) is 23.7 Å². The van der Waals surface area contributed by atoms with Crippen molar-refractivity contribution in [1.29, 1.82) is 0 Å². The molecule has 0 spiro atoms. The highest BCUT2D eigenvalue weighted by atomic mass is 16.5. The van der Waals surface area contributed by atoms with Crippen molar-refractivity contribution < 1.29 is 33.4 Å². The van der Waals surface area contributed by atoms with Gasteiger partial charge in [-0.15, -0.1) is 0 Å². The number of aromatic amines is 2. The van der Waals surface area contributed by atoms with Crippen LogP contribution in [-0.2, 0) is 19.1 Å². The minimum atomic E-state index is -0.747. The molecule has 3 aliphatic heterocycles. The number of anilines is 2. The summed E-state index contributed by atoms with van der Waals surface area (Å²) < 4.78 is 9.63. The first-order chi connectivity index (χ1) is 36.9. The van der Waals surface area contributed by atoms with Gasteiger partial charge in [0.05, 0.1) is 53.9 Å². The molecule has 5 heterocycles. The maximum absolute atomic E-state index is 14.6. The molecule has 5 amide bonds. The van der Waals surface area contributed by atoms with Crippen LogP contribution < -0.4 is 20.9 Å². The number of hydrogen-bond donors (Lipinski definition) is 5. The highest BCUT2D eigenvalue weighted by Crippen LogP contribution is 2.38. The summed E-state index contributed by atoms with van der Waals surface area (Å²) in [5.41, 5.74) is 8.37. The van der Waals surface area contributed by atoms with Crippen molar-refractivity contribution in [2.24, 2.45) is 23.2 Å². The van der Waals surface area contributed by atoms with Gasteiger partial charge < -0.3 is 50.1 Å². The fraction of sp³-hybridized carbons (Fsp3) is 0.450. The Balaban J connectivity index is 0.990. The molecule has 0 saturated carbocycles. The Hall–Kier alpha value is -7.87. The van der Waals surface area contributed by atoms with Gasteiger partial charge >= 0.3 is 12.2 Å². The number of imidazole rings is 2. The van der Waals surface area contributed by atoms with Gasteiger partial charge in [-0.25, -0.2) is 19.6 Å². The number of benzene rings is 4. The third kappa shape index (κ3) is 11.9. The van der Waals surface area contributed by atoms with Crippen LogP contribution in [0.2, 0.25) is 0 Å². The summed E-state index contributed by atoms with van der Waals surface area (Å²) in [5.74, 6) is 7.65. The minimum absolute atomic E-state index is 0.154. The highest BCUT2D eigenvalue weighted by Gasteiger charge is 2.39. The molecule has 3 fully saturated rings. The molecule has 17 heteroatoms. The Bertz CT molecular complexity index is 3230. The normalized spacial score (nSPS) is 17.8. The maximum atomic E-state index is 14.6. The monoisotopic (exact) mass is 1040 g/mol. The van der Waals surface area contributed by atoms with Crippen molar-refractivity contribution in [2.45, 2.75) is 111 Å². The van der Waals surface area contributed by atoms with E-state index < -0.39 is 24.3 Å². The fourth-order valence-corrected chi connectivity index (χ4v) is 11.1. The van der Waals surface area contributed by atoms with Crippen LogP contribution >= 0.6 is 0 Å². The predicted octanol–water partition coefficient (Wildman–Crippen LogP) is 10.1. The SMILES string of the molecule is COC(=O)NC(C(=O)N1CCCC1c1nc2ccc(C#Cc3ccc(-c4ccc5nc(C6CCCN6C(=O)C(NC(=O)OC)C(C)C)[nH]c5c4)cc3C(=O)Nc3ccc(N4CCC(C(C)(C)C)CC4)cc3)cc2[nH]1)C(C)C. The Labute approximate surface area is 450 Å². The zero-order valence-electron chi connectivity index (χ0n) is 45.7. The van der Waals surface area contributed by atoms with Crippen molar-refractivity contribution in [3.8, 4) is 23.0 Å². The Kier molecular flexibility index (Phi) is 15.9. The number of carbonyl (C=O) groups excluding carboxylic acids is 5. The number of nitrogens with zero attached hydrogens (tertiary/aromatic N) is 5. The van der Waals surface area contributed by atoms with Crippen LogP contribution in [-0.4, -0.2) is 112 Å². The molecule has 9 rings (SSSR count). The summed E-state index contributed by atoms with van der Waals surface area (Å²) in [6.45, 7) is 17.6. The third-order valence-electron chi connectivity index (χ3n) is 15.6. The number of aromatic nitrogens is 4. The van der Waals surface area contributed by atoms with E-state index in [0.717, 1.165) is 90.5 Å². The molecule has 3 aliphatic rings. The summed E-state index contributed by atoms with van der Waals surface area (Å²) in [7, 11) is 2.56. The molecule has 5 N–H and O–H groups in total. The van der Waals surface area contributed by atoms with Crippen LogP contribution in [0.1, 0.15) is 132 Å². The van der Waals surface area contributed by atoms with Gasteiger partial charge in [0.2, 0.25) is 11.8 Å². The zero-order valence-corrected chi connectivity index (χ0v) is 45.7. The zero-order chi connectivity index (χ0) is 54.7. The lowest BCUT2D eigenvalue weighted by Crippen LogP contribution is -2.51. The number of H-pyrrole nitrogens is 2. The number of rotatable bonds is 12. The average molecular weight is 1050 g/mol. The van der Waals surface area contributed by atoms with Gasteiger partial charge in [-0.2, -0.15) is 0 Å². The lowest BCUT2D eigenvalue weighted by Gasteiger charge is -2.39. The van der Waals surface area contributed by atoms with E-state index in [1.165, 1.54) is 14.2 Å². The van der Waals surface area contributed by atoms with Crippen molar-refractivity contribution in [1.82, 2.24) is 40.4 Å². The smallest absolute Gasteiger partial charge is 0.407 e. The number of ether oxygens (including phenoxy) is 2. The molecular weight excluding hydrogens is 973 g/mol. The van der Waals surface area contributed by atoms with E-state index in [1.54, 1.807) is 9.80 Å². The number of fused-ring (bicyclic) bond motifs is 2. The van der Waals surface area contributed by atoms with Gasteiger partial charge in [0, 0.05) is 48.7 Å². The highest BCUT2D eigenvalue weighted by molar-refractivity contribution is 6.07. The number of nitrogens with one attached hydrogen (secondary N) is 5. The molecule has 0 radical (unpaired) electrons. The van der Waals surface area contributed by atoms with Gasteiger partial charge in [-0.1, -0.05) is 72.4 Å². The molecule has 4 atom stereocenters. The molecule has 17 nitrogen and oxygen atoms in total. The van der Waals surface area contributed by atoms with E-state index in [2.05, 4.69) is 75.6 Å². The molecule has 404 valence electrons. The summed E-state index contributed by atoms with van der Waals surface area (Å²) in [6.07, 6.45) is 4.01. The number of carbonyl (C=O) groups is 5. The van der Waals surface area contributed by atoms with Crippen LogP contribution in [0, 0.1) is 35.0 Å². The van der Waals surface area contributed by atoms with E-state index in [4.69, 9.17) is 19.4 Å². The van der Waals surface area contributed by atoms with E-state index in [-0.39, 0.29) is 47.1 Å². The largest absolute Gasteiger partial charge is 0.453 e. The molecule has 77 heavy (non-hydrogen) atoms. The van der Waals surface area contributed by atoms with Crippen molar-refractivity contribution >= 4 is 63.3 Å². The first-order valence-corrected chi connectivity index (χ1v) is 27.0. The Morgan fingerprint density at radius 1 is 0.636 bits per heavy atom. The van der Waals surface area contributed by atoms with Gasteiger partial charge in [-0.3, -0.25) is 14.4 Å². The minimum Gasteiger partial charge on any atom is -0.453 e. The average Bonchev–Trinajstić information content (AvgIpc) is 4.29. The first kappa shape index (κ1) is 53.9. The second-order valence-corrected chi connectivity index (χ2v) is 22.4. The topological polar surface area (TPSA) is 207 Å². The molecule has 3 saturated heterocycles. The van der Waals surface area contributed by atoms with E-state index in [0.29, 0.717) is 53.0 Å².